The Bertz CT molecular complexity index is 1310. The lowest BCUT2D eigenvalue weighted by Crippen LogP contribution is -2.68. The highest BCUT2D eigenvalue weighted by atomic mass is 16.6. The van der Waals surface area contributed by atoms with Crippen LogP contribution in [-0.4, -0.2) is 41.7 Å². The minimum absolute atomic E-state index is 0.00163. The van der Waals surface area contributed by atoms with E-state index in [1.165, 1.54) is 6.08 Å². The van der Waals surface area contributed by atoms with Gasteiger partial charge in [0.1, 0.15) is 12.4 Å². The standard InChI is InChI=1S/C30H31NO6/c1-18-19(17-36-27(34)29(2,3)4)16-25(33)30-21-12-8-9-13-22(21)31(23(26(18)30)14-15-24(30)32)28(35)37-20-10-6-5-7-11-20/h5-16,18,23,25-26,33H,17H2,1-4H3/t18-,23-,25?,26-,30+/m0/s1. The molecule has 5 rings (SSSR count). The van der Waals surface area contributed by atoms with Crippen LogP contribution in [0.1, 0.15) is 33.3 Å². The van der Waals surface area contributed by atoms with E-state index >= 15 is 0 Å². The third-order valence-electron chi connectivity index (χ3n) is 7.74. The molecule has 0 radical (unpaired) electrons. The number of anilines is 1. The van der Waals surface area contributed by atoms with Crippen LogP contribution in [0.15, 0.2) is 78.4 Å². The van der Waals surface area contributed by atoms with Crippen molar-refractivity contribution in [1.82, 2.24) is 0 Å². The van der Waals surface area contributed by atoms with Gasteiger partial charge in [-0.05, 0) is 62.1 Å². The molecule has 7 nitrogen and oxygen atoms in total. The van der Waals surface area contributed by atoms with Crippen molar-refractivity contribution < 1.29 is 29.0 Å². The zero-order valence-corrected chi connectivity index (χ0v) is 21.4. The summed E-state index contributed by atoms with van der Waals surface area (Å²) < 4.78 is 11.3. The molecule has 2 aromatic rings. The molecule has 0 spiro atoms. The predicted octanol–water partition coefficient (Wildman–Crippen LogP) is 4.59. The fraction of sp³-hybridized carbons (Fsp3) is 0.367. The number of allylic oxidation sites excluding steroid dienone is 1. The number of carbonyl (C=O) groups is 3. The largest absolute Gasteiger partial charge is 0.461 e. The molecule has 1 heterocycles. The van der Waals surface area contributed by atoms with E-state index in [4.69, 9.17) is 9.47 Å². The number of carbonyl (C=O) groups excluding carboxylic acids is 3. The van der Waals surface area contributed by atoms with Crippen LogP contribution in [0.5, 0.6) is 5.75 Å². The Morgan fingerprint density at radius 1 is 1.05 bits per heavy atom. The van der Waals surface area contributed by atoms with Gasteiger partial charge in [-0.15, -0.1) is 0 Å². The molecule has 2 aliphatic carbocycles. The Balaban J connectivity index is 1.59. The van der Waals surface area contributed by atoms with Gasteiger partial charge in [0.25, 0.3) is 0 Å². The lowest BCUT2D eigenvalue weighted by atomic mass is 9.50. The summed E-state index contributed by atoms with van der Waals surface area (Å²) in [5, 5.41) is 11.6. The van der Waals surface area contributed by atoms with Crippen LogP contribution in [-0.2, 0) is 19.7 Å². The highest BCUT2D eigenvalue weighted by molar-refractivity contribution is 6.06. The molecule has 37 heavy (non-hydrogen) atoms. The normalized spacial score (nSPS) is 28.1. The molecule has 1 unspecified atom stereocenters. The minimum atomic E-state index is -1.27. The summed E-state index contributed by atoms with van der Waals surface area (Å²) in [5.41, 5.74) is -0.109. The van der Waals surface area contributed by atoms with E-state index in [9.17, 15) is 19.5 Å². The second-order valence-corrected chi connectivity index (χ2v) is 11.0. The van der Waals surface area contributed by atoms with Gasteiger partial charge in [0, 0.05) is 5.92 Å². The number of hydrogen-bond acceptors (Lipinski definition) is 6. The number of amides is 1. The van der Waals surface area contributed by atoms with E-state index in [1.54, 1.807) is 86.4 Å². The van der Waals surface area contributed by atoms with Crippen LogP contribution in [0.25, 0.3) is 0 Å². The first kappa shape index (κ1) is 25.0. The second kappa shape index (κ2) is 8.99. The molecule has 2 bridgehead atoms. The third kappa shape index (κ3) is 3.89. The first-order chi connectivity index (χ1) is 17.6. The van der Waals surface area contributed by atoms with Crippen molar-refractivity contribution in [3.05, 3.63) is 84.0 Å². The summed E-state index contributed by atoms with van der Waals surface area (Å²) in [7, 11) is 0. The van der Waals surface area contributed by atoms with Crippen molar-refractivity contribution >= 4 is 23.5 Å². The number of fused-ring (bicyclic) bond motifs is 1. The number of aliphatic hydroxyl groups is 1. The summed E-state index contributed by atoms with van der Waals surface area (Å²) in [6.45, 7) is 7.29. The summed E-state index contributed by atoms with van der Waals surface area (Å²) in [5.74, 6) is -0.932. The molecule has 1 N–H and O–H groups in total. The van der Waals surface area contributed by atoms with E-state index in [0.717, 1.165) is 5.57 Å². The molecule has 3 aliphatic rings. The summed E-state index contributed by atoms with van der Waals surface area (Å²) in [6.07, 6.45) is 3.10. The Morgan fingerprint density at radius 2 is 1.73 bits per heavy atom. The average Bonchev–Trinajstić information content (AvgIpc) is 2.86. The van der Waals surface area contributed by atoms with Crippen LogP contribution in [0.4, 0.5) is 10.5 Å². The molecule has 2 aromatic carbocycles. The van der Waals surface area contributed by atoms with Gasteiger partial charge < -0.3 is 14.6 Å². The van der Waals surface area contributed by atoms with Crippen LogP contribution < -0.4 is 9.64 Å². The number of rotatable bonds is 3. The lowest BCUT2D eigenvalue weighted by molar-refractivity contribution is -0.152. The fourth-order valence-electron chi connectivity index (χ4n) is 5.94. The van der Waals surface area contributed by atoms with Crippen molar-refractivity contribution in [2.45, 2.75) is 45.3 Å². The van der Waals surface area contributed by atoms with Crippen molar-refractivity contribution in [3.63, 3.8) is 0 Å². The van der Waals surface area contributed by atoms with Crippen LogP contribution in [0, 0.1) is 17.3 Å². The fourth-order valence-corrected chi connectivity index (χ4v) is 5.94. The Labute approximate surface area is 216 Å². The maximum atomic E-state index is 13.7. The minimum Gasteiger partial charge on any atom is -0.461 e. The lowest BCUT2D eigenvalue weighted by Gasteiger charge is -2.58. The highest BCUT2D eigenvalue weighted by Crippen LogP contribution is 2.57. The number of nitrogens with zero attached hydrogens (tertiary/aromatic N) is 1. The number of aliphatic hydroxyl groups excluding tert-OH is 1. The maximum Gasteiger partial charge on any atom is 0.420 e. The quantitative estimate of drug-likeness (QED) is 0.488. The average molecular weight is 502 g/mol. The van der Waals surface area contributed by atoms with Crippen LogP contribution in [0.3, 0.4) is 0 Å². The van der Waals surface area contributed by atoms with E-state index in [0.29, 0.717) is 17.0 Å². The number of ketones is 1. The van der Waals surface area contributed by atoms with Gasteiger partial charge in [0.05, 0.1) is 28.7 Å². The van der Waals surface area contributed by atoms with E-state index < -0.39 is 35.0 Å². The highest BCUT2D eigenvalue weighted by Gasteiger charge is 2.64. The van der Waals surface area contributed by atoms with Gasteiger partial charge in [-0.2, -0.15) is 0 Å². The molecule has 0 saturated heterocycles. The summed E-state index contributed by atoms with van der Waals surface area (Å²) in [6, 6.07) is 15.4. The number of ether oxygens (including phenoxy) is 2. The molecule has 5 atom stereocenters. The Hall–Kier alpha value is -3.71. The first-order valence-electron chi connectivity index (χ1n) is 12.5. The maximum absolute atomic E-state index is 13.7. The third-order valence-corrected chi connectivity index (χ3v) is 7.74. The molecule has 0 aromatic heterocycles. The number of hydrogen-bond donors (Lipinski definition) is 1. The molecule has 192 valence electrons. The molecule has 7 heteroatoms. The van der Waals surface area contributed by atoms with Gasteiger partial charge in [-0.1, -0.05) is 55.5 Å². The topological polar surface area (TPSA) is 93.1 Å². The zero-order chi connectivity index (χ0) is 26.5. The molecule has 0 saturated carbocycles. The number of benzene rings is 2. The van der Waals surface area contributed by atoms with E-state index in [-0.39, 0.29) is 24.3 Å². The molecular weight excluding hydrogens is 470 g/mol. The van der Waals surface area contributed by atoms with Gasteiger partial charge >= 0.3 is 12.1 Å². The number of para-hydroxylation sites is 2. The second-order valence-electron chi connectivity index (χ2n) is 11.0. The molecule has 1 aliphatic heterocycles. The van der Waals surface area contributed by atoms with Gasteiger partial charge in [0.2, 0.25) is 0 Å². The smallest absolute Gasteiger partial charge is 0.420 e. The SMILES string of the molecule is C[C@H]1C(COC(=O)C(C)(C)C)=CC(O)[C@@]23C(=O)C=C[C@@H]([C@H]12)N(C(=O)Oc1ccccc1)c1ccccc13. The molecule has 0 fully saturated rings. The van der Waals surface area contributed by atoms with Crippen molar-refractivity contribution in [2.24, 2.45) is 17.3 Å². The van der Waals surface area contributed by atoms with Gasteiger partial charge in [-0.25, -0.2) is 4.79 Å². The Morgan fingerprint density at radius 3 is 2.43 bits per heavy atom. The molecule has 1 amide bonds. The van der Waals surface area contributed by atoms with Gasteiger partial charge in [-0.3, -0.25) is 14.5 Å². The van der Waals surface area contributed by atoms with Crippen molar-refractivity contribution in [1.29, 1.82) is 0 Å². The first-order valence-corrected chi connectivity index (χ1v) is 12.5. The molecular formula is C30H31NO6. The zero-order valence-electron chi connectivity index (χ0n) is 21.4. The van der Waals surface area contributed by atoms with E-state index in [2.05, 4.69) is 0 Å². The van der Waals surface area contributed by atoms with Crippen molar-refractivity contribution in [3.8, 4) is 5.75 Å². The van der Waals surface area contributed by atoms with Crippen LogP contribution >= 0.6 is 0 Å². The monoisotopic (exact) mass is 501 g/mol. The summed E-state index contributed by atoms with van der Waals surface area (Å²) in [4.78, 5) is 41.3. The van der Waals surface area contributed by atoms with Crippen molar-refractivity contribution in [2.75, 3.05) is 11.5 Å². The summed E-state index contributed by atoms with van der Waals surface area (Å²) >= 11 is 0. The van der Waals surface area contributed by atoms with E-state index in [1.807, 2.05) is 13.0 Å². The Kier molecular flexibility index (Phi) is 6.07. The van der Waals surface area contributed by atoms with Gasteiger partial charge in [0.15, 0.2) is 5.78 Å². The predicted molar refractivity (Wildman–Crippen MR) is 138 cm³/mol. The number of esters is 1. The van der Waals surface area contributed by atoms with Crippen LogP contribution in [0.2, 0.25) is 0 Å².